The molecule has 0 bridgehead atoms. The van der Waals surface area contributed by atoms with Crippen molar-refractivity contribution in [2.45, 2.75) is 25.8 Å². The summed E-state index contributed by atoms with van der Waals surface area (Å²) in [6.45, 7) is 3.22. The summed E-state index contributed by atoms with van der Waals surface area (Å²) in [5.41, 5.74) is 1.95. The average molecular weight is 451 g/mol. The first kappa shape index (κ1) is 22.7. The summed E-state index contributed by atoms with van der Waals surface area (Å²) in [5.74, 6) is -1.68. The summed E-state index contributed by atoms with van der Waals surface area (Å²) in [6, 6.07) is 12.4. The van der Waals surface area contributed by atoms with E-state index in [0.29, 0.717) is 16.9 Å². The maximum Gasteiger partial charge on any atom is 0.282 e. The lowest BCUT2D eigenvalue weighted by molar-refractivity contribution is -0.121. The maximum absolute atomic E-state index is 13.9. The lowest BCUT2D eigenvalue weighted by Gasteiger charge is -2.36. The topological polar surface area (TPSA) is 73.0 Å². The van der Waals surface area contributed by atoms with Gasteiger partial charge in [0, 0.05) is 25.7 Å². The predicted molar refractivity (Wildman–Crippen MR) is 125 cm³/mol. The summed E-state index contributed by atoms with van der Waals surface area (Å²) < 4.78 is 13.9. The first-order valence-corrected chi connectivity index (χ1v) is 10.9. The second kappa shape index (κ2) is 9.15. The van der Waals surface area contributed by atoms with E-state index >= 15 is 0 Å². The number of piperidine rings is 1. The van der Waals surface area contributed by atoms with Gasteiger partial charge in [-0.1, -0.05) is 18.2 Å². The van der Waals surface area contributed by atoms with Gasteiger partial charge in [0.2, 0.25) is 5.91 Å². The third kappa shape index (κ3) is 4.52. The molecule has 2 aromatic carbocycles. The smallest absolute Gasteiger partial charge is 0.282 e. The van der Waals surface area contributed by atoms with Crippen molar-refractivity contribution in [3.05, 3.63) is 65.6 Å². The van der Waals surface area contributed by atoms with Crippen LogP contribution >= 0.6 is 0 Å². The summed E-state index contributed by atoms with van der Waals surface area (Å²) in [4.78, 5) is 43.7. The molecular weight excluding hydrogens is 423 g/mol. The molecule has 7 nitrogen and oxygen atoms in total. The predicted octanol–water partition coefficient (Wildman–Crippen LogP) is 3.09. The summed E-state index contributed by atoms with van der Waals surface area (Å²) >= 11 is 0. The van der Waals surface area contributed by atoms with Crippen LogP contribution in [-0.2, 0) is 14.4 Å². The molecule has 1 N–H and O–H groups in total. The van der Waals surface area contributed by atoms with Gasteiger partial charge in [0.15, 0.2) is 0 Å². The van der Waals surface area contributed by atoms with Gasteiger partial charge >= 0.3 is 0 Å². The second-order valence-electron chi connectivity index (χ2n) is 8.55. The Morgan fingerprint density at radius 1 is 1.06 bits per heavy atom. The normalized spacial score (nSPS) is 17.6. The third-order valence-corrected chi connectivity index (χ3v) is 6.21. The van der Waals surface area contributed by atoms with Crippen LogP contribution in [-0.4, -0.2) is 60.7 Å². The van der Waals surface area contributed by atoms with E-state index in [2.05, 4.69) is 17.3 Å². The number of hydrogen-bond acceptors (Lipinski definition) is 5. The molecule has 1 fully saturated rings. The number of nitrogens with one attached hydrogen (secondary N) is 1. The Hall–Kier alpha value is -3.52. The van der Waals surface area contributed by atoms with Crippen LogP contribution in [0.1, 0.15) is 25.3 Å². The maximum atomic E-state index is 13.9. The van der Waals surface area contributed by atoms with Crippen molar-refractivity contribution in [1.82, 2.24) is 9.80 Å². The van der Waals surface area contributed by atoms with Crippen LogP contribution in [0.4, 0.5) is 15.8 Å². The number of likely N-dealkylation sites (tertiary alicyclic amines) is 1. The molecule has 2 heterocycles. The number of benzene rings is 2. The molecule has 4 rings (SSSR count). The molecule has 0 atom stereocenters. The Morgan fingerprint density at radius 3 is 2.33 bits per heavy atom. The summed E-state index contributed by atoms with van der Waals surface area (Å²) in [5, 5.41) is 2.70. The molecule has 1 saturated heterocycles. The van der Waals surface area contributed by atoms with Gasteiger partial charge in [-0.2, -0.15) is 0 Å². The van der Waals surface area contributed by atoms with Gasteiger partial charge in [0.25, 0.3) is 11.8 Å². The minimum Gasteiger partial charge on any atom is -0.366 e. The van der Waals surface area contributed by atoms with E-state index in [1.54, 1.807) is 30.3 Å². The zero-order valence-corrected chi connectivity index (χ0v) is 19.0. The first-order chi connectivity index (χ1) is 15.8. The van der Waals surface area contributed by atoms with E-state index in [0.717, 1.165) is 30.8 Å². The number of anilines is 2. The molecule has 33 heavy (non-hydrogen) atoms. The molecular formula is C25H27FN4O3. The van der Waals surface area contributed by atoms with E-state index < -0.39 is 17.6 Å². The van der Waals surface area contributed by atoms with Crippen LogP contribution in [0.25, 0.3) is 5.57 Å². The Morgan fingerprint density at radius 2 is 1.73 bits per heavy atom. The fourth-order valence-corrected chi connectivity index (χ4v) is 4.44. The van der Waals surface area contributed by atoms with Crippen LogP contribution in [0.15, 0.2) is 54.2 Å². The molecule has 0 radical (unpaired) electrons. The SMILES string of the molecule is CC(=O)Nc1ccc(C2=C(N(C)C3CCN(C)CC3)C(=O)N(c3cccc(F)c3)C2=O)cc1. The number of likely N-dealkylation sites (N-methyl/N-ethyl adjacent to an activating group) is 1. The van der Waals surface area contributed by atoms with Crippen LogP contribution in [0.3, 0.4) is 0 Å². The Labute approximate surface area is 192 Å². The molecule has 0 unspecified atom stereocenters. The number of amides is 3. The molecule has 2 aliphatic heterocycles. The van der Waals surface area contributed by atoms with Gasteiger partial charge in [-0.15, -0.1) is 0 Å². The van der Waals surface area contributed by atoms with Crippen molar-refractivity contribution in [2.75, 3.05) is 37.4 Å². The van der Waals surface area contributed by atoms with E-state index in [1.807, 2.05) is 11.9 Å². The van der Waals surface area contributed by atoms with Gasteiger partial charge < -0.3 is 15.1 Å². The lowest BCUT2D eigenvalue weighted by atomic mass is 10.00. The molecule has 0 saturated carbocycles. The number of hydrogen-bond donors (Lipinski definition) is 1. The zero-order chi connectivity index (χ0) is 23.7. The van der Waals surface area contributed by atoms with Crippen LogP contribution < -0.4 is 10.2 Å². The first-order valence-electron chi connectivity index (χ1n) is 10.9. The lowest BCUT2D eigenvalue weighted by Crippen LogP contribution is -2.43. The van der Waals surface area contributed by atoms with Gasteiger partial charge in [-0.25, -0.2) is 9.29 Å². The highest BCUT2D eigenvalue weighted by atomic mass is 19.1. The third-order valence-electron chi connectivity index (χ3n) is 6.21. The highest BCUT2D eigenvalue weighted by molar-refractivity contribution is 6.45. The molecule has 2 aliphatic rings. The van der Waals surface area contributed by atoms with Crippen LogP contribution in [0, 0.1) is 5.82 Å². The van der Waals surface area contributed by atoms with E-state index in [1.165, 1.54) is 25.1 Å². The summed E-state index contributed by atoms with van der Waals surface area (Å²) in [7, 11) is 3.91. The molecule has 0 aromatic heterocycles. The van der Waals surface area contributed by atoms with Crippen molar-refractivity contribution in [1.29, 1.82) is 0 Å². The van der Waals surface area contributed by atoms with Crippen LogP contribution in [0.5, 0.6) is 0 Å². The van der Waals surface area contributed by atoms with Gasteiger partial charge in [-0.3, -0.25) is 14.4 Å². The highest BCUT2D eigenvalue weighted by Crippen LogP contribution is 2.36. The monoisotopic (exact) mass is 450 g/mol. The van der Waals surface area contributed by atoms with E-state index in [4.69, 9.17) is 0 Å². The fourth-order valence-electron chi connectivity index (χ4n) is 4.44. The quantitative estimate of drug-likeness (QED) is 0.709. The van der Waals surface area contributed by atoms with E-state index in [9.17, 15) is 18.8 Å². The number of rotatable bonds is 5. The van der Waals surface area contributed by atoms with Crippen molar-refractivity contribution >= 4 is 34.7 Å². The van der Waals surface area contributed by atoms with Gasteiger partial charge in [0.05, 0.1) is 11.3 Å². The standard InChI is InChI=1S/C25H27FN4O3/c1-16(31)27-19-9-7-17(8-10-19)22-23(29(3)20-11-13-28(2)14-12-20)25(33)30(24(22)32)21-6-4-5-18(26)15-21/h4-10,15,20H,11-14H2,1-3H3,(H,27,31). The minimum atomic E-state index is -0.522. The number of nitrogens with zero attached hydrogens (tertiary/aromatic N) is 3. The molecule has 172 valence electrons. The molecule has 8 heteroatoms. The fraction of sp³-hybridized carbons (Fsp3) is 0.320. The van der Waals surface area contributed by atoms with Gasteiger partial charge in [0.1, 0.15) is 11.5 Å². The largest absolute Gasteiger partial charge is 0.366 e. The molecule has 0 spiro atoms. The van der Waals surface area contributed by atoms with Crippen LogP contribution in [0.2, 0.25) is 0 Å². The highest BCUT2D eigenvalue weighted by Gasteiger charge is 2.43. The van der Waals surface area contributed by atoms with E-state index in [-0.39, 0.29) is 23.2 Å². The number of imide groups is 1. The van der Waals surface area contributed by atoms with Gasteiger partial charge in [-0.05, 0) is 68.9 Å². The van der Waals surface area contributed by atoms with Crippen molar-refractivity contribution in [3.63, 3.8) is 0 Å². The second-order valence-corrected chi connectivity index (χ2v) is 8.55. The number of carbonyl (C=O) groups is 3. The van der Waals surface area contributed by atoms with Crippen molar-refractivity contribution in [3.8, 4) is 0 Å². The average Bonchev–Trinajstić information content (AvgIpc) is 3.04. The van der Waals surface area contributed by atoms with Crippen molar-refractivity contribution < 1.29 is 18.8 Å². The Kier molecular flexibility index (Phi) is 6.29. The number of carbonyl (C=O) groups excluding carboxylic acids is 3. The minimum absolute atomic E-state index is 0.106. The number of halogens is 1. The Balaban J connectivity index is 1.76. The molecule has 3 amide bonds. The molecule has 0 aliphatic carbocycles. The molecule has 2 aromatic rings. The summed E-state index contributed by atoms with van der Waals surface area (Å²) in [6.07, 6.45) is 1.74. The Bertz CT molecular complexity index is 1120. The van der Waals surface area contributed by atoms with Crippen molar-refractivity contribution in [2.24, 2.45) is 0 Å². The zero-order valence-electron chi connectivity index (χ0n) is 19.0.